The normalized spacial score (nSPS) is 14.2. The molecule has 0 radical (unpaired) electrons. The van der Waals surface area contributed by atoms with Crippen LogP contribution in [0.1, 0.15) is 22.8 Å². The molecule has 1 fully saturated rings. The summed E-state index contributed by atoms with van der Waals surface area (Å²) in [5.41, 5.74) is 2.76. The van der Waals surface area contributed by atoms with E-state index >= 15 is 0 Å². The highest BCUT2D eigenvalue weighted by molar-refractivity contribution is 5.95. The highest BCUT2D eigenvalue weighted by atomic mass is 16.5. The highest BCUT2D eigenvalue weighted by Gasteiger charge is 2.21. The Kier molecular flexibility index (Phi) is 5.56. The summed E-state index contributed by atoms with van der Waals surface area (Å²) in [4.78, 5) is 28.2. The second-order valence-corrected chi connectivity index (χ2v) is 6.50. The van der Waals surface area contributed by atoms with E-state index in [9.17, 15) is 9.59 Å². The molecule has 1 aliphatic heterocycles. The molecule has 5 nitrogen and oxygen atoms in total. The third-order valence-corrected chi connectivity index (χ3v) is 4.76. The van der Waals surface area contributed by atoms with Gasteiger partial charge in [-0.05, 0) is 36.8 Å². The molecule has 2 aromatic carbocycles. The Balaban J connectivity index is 1.56. The second kappa shape index (κ2) is 8.04. The molecule has 0 N–H and O–H groups in total. The van der Waals surface area contributed by atoms with Gasteiger partial charge in [0.05, 0.1) is 13.5 Å². The number of amides is 1. The molecule has 0 bridgehead atoms. The minimum Gasteiger partial charge on any atom is -0.497 e. The number of carbonyl (C=O) groups excluding carboxylic acids is 2. The van der Waals surface area contributed by atoms with E-state index in [1.54, 1.807) is 14.0 Å². The van der Waals surface area contributed by atoms with Gasteiger partial charge in [-0.3, -0.25) is 9.59 Å². The lowest BCUT2D eigenvalue weighted by atomic mass is 10.1. The van der Waals surface area contributed by atoms with Crippen molar-refractivity contribution in [3.63, 3.8) is 0 Å². The van der Waals surface area contributed by atoms with Crippen LogP contribution in [0.2, 0.25) is 0 Å². The molecular formula is C21H24N2O3. The van der Waals surface area contributed by atoms with Crippen LogP contribution < -0.4 is 9.64 Å². The van der Waals surface area contributed by atoms with Gasteiger partial charge in [0, 0.05) is 37.4 Å². The Morgan fingerprint density at radius 3 is 2.31 bits per heavy atom. The fourth-order valence-electron chi connectivity index (χ4n) is 3.17. The molecule has 1 amide bonds. The van der Waals surface area contributed by atoms with Crippen molar-refractivity contribution in [3.8, 4) is 5.75 Å². The number of benzene rings is 2. The molecule has 0 aromatic heterocycles. The SMILES string of the molecule is COc1ccc(CC(=O)N2CCN(c3cccc(C(C)=O)c3)CC2)cc1. The number of anilines is 1. The zero-order valence-corrected chi connectivity index (χ0v) is 15.3. The smallest absolute Gasteiger partial charge is 0.227 e. The number of nitrogens with zero attached hydrogens (tertiary/aromatic N) is 2. The summed E-state index contributed by atoms with van der Waals surface area (Å²) in [7, 11) is 1.63. The van der Waals surface area contributed by atoms with Crippen LogP contribution in [0.5, 0.6) is 5.75 Å². The number of hydrogen-bond acceptors (Lipinski definition) is 4. The standard InChI is InChI=1S/C21H24N2O3/c1-16(24)18-4-3-5-19(15-18)22-10-12-23(13-11-22)21(25)14-17-6-8-20(26-2)9-7-17/h3-9,15H,10-14H2,1-2H3. The molecule has 136 valence electrons. The summed E-state index contributed by atoms with van der Waals surface area (Å²) in [5, 5.41) is 0. The number of piperazine rings is 1. The van der Waals surface area contributed by atoms with Crippen molar-refractivity contribution < 1.29 is 14.3 Å². The maximum atomic E-state index is 12.5. The van der Waals surface area contributed by atoms with Crippen molar-refractivity contribution in [2.45, 2.75) is 13.3 Å². The summed E-state index contributed by atoms with van der Waals surface area (Å²) in [5.74, 6) is 1.01. The molecular weight excluding hydrogens is 328 g/mol. The van der Waals surface area contributed by atoms with Gasteiger partial charge >= 0.3 is 0 Å². The fourth-order valence-corrected chi connectivity index (χ4v) is 3.17. The van der Waals surface area contributed by atoms with E-state index in [1.165, 1.54) is 0 Å². The molecule has 0 aliphatic carbocycles. The lowest BCUT2D eigenvalue weighted by Crippen LogP contribution is -2.49. The summed E-state index contributed by atoms with van der Waals surface area (Å²) < 4.78 is 5.15. The van der Waals surface area contributed by atoms with Crippen molar-refractivity contribution in [3.05, 3.63) is 59.7 Å². The van der Waals surface area contributed by atoms with Gasteiger partial charge in [-0.25, -0.2) is 0 Å². The van der Waals surface area contributed by atoms with E-state index in [1.807, 2.05) is 53.4 Å². The highest BCUT2D eigenvalue weighted by Crippen LogP contribution is 2.19. The molecule has 0 spiro atoms. The Bertz CT molecular complexity index is 778. The molecule has 5 heteroatoms. The average molecular weight is 352 g/mol. The molecule has 0 unspecified atom stereocenters. The molecule has 26 heavy (non-hydrogen) atoms. The summed E-state index contributed by atoms with van der Waals surface area (Å²) in [6.45, 7) is 4.51. The quantitative estimate of drug-likeness (QED) is 0.777. The maximum absolute atomic E-state index is 12.5. The Morgan fingerprint density at radius 2 is 1.69 bits per heavy atom. The summed E-state index contributed by atoms with van der Waals surface area (Å²) >= 11 is 0. The van der Waals surface area contributed by atoms with Crippen molar-refractivity contribution in [1.82, 2.24) is 4.90 Å². The topological polar surface area (TPSA) is 49.9 Å². The first-order chi connectivity index (χ1) is 12.6. The van der Waals surface area contributed by atoms with Crippen LogP contribution in [-0.2, 0) is 11.2 Å². The number of methoxy groups -OCH3 is 1. The number of hydrogen-bond donors (Lipinski definition) is 0. The van der Waals surface area contributed by atoms with Crippen LogP contribution in [0.4, 0.5) is 5.69 Å². The van der Waals surface area contributed by atoms with Gasteiger partial charge in [0.15, 0.2) is 5.78 Å². The summed E-state index contributed by atoms with van der Waals surface area (Å²) in [6, 6.07) is 15.3. The van der Waals surface area contributed by atoms with E-state index in [0.717, 1.165) is 35.7 Å². The Morgan fingerprint density at radius 1 is 1.00 bits per heavy atom. The first-order valence-electron chi connectivity index (χ1n) is 8.83. The first-order valence-corrected chi connectivity index (χ1v) is 8.83. The van der Waals surface area contributed by atoms with Crippen LogP contribution in [0, 0.1) is 0 Å². The Hall–Kier alpha value is -2.82. The second-order valence-electron chi connectivity index (χ2n) is 6.50. The molecule has 0 atom stereocenters. The van der Waals surface area contributed by atoms with E-state index < -0.39 is 0 Å². The number of rotatable bonds is 5. The average Bonchev–Trinajstić information content (AvgIpc) is 2.68. The van der Waals surface area contributed by atoms with Gasteiger partial charge in [0.25, 0.3) is 0 Å². The molecule has 1 saturated heterocycles. The van der Waals surface area contributed by atoms with Gasteiger partial charge in [-0.15, -0.1) is 0 Å². The van der Waals surface area contributed by atoms with Crippen LogP contribution in [0.25, 0.3) is 0 Å². The third kappa shape index (κ3) is 4.23. The van der Waals surface area contributed by atoms with Crippen LogP contribution in [0.15, 0.2) is 48.5 Å². The maximum Gasteiger partial charge on any atom is 0.227 e. The molecule has 1 heterocycles. The van der Waals surface area contributed by atoms with Crippen LogP contribution in [0.3, 0.4) is 0 Å². The lowest BCUT2D eigenvalue weighted by molar-refractivity contribution is -0.130. The van der Waals surface area contributed by atoms with E-state index in [4.69, 9.17) is 4.74 Å². The monoisotopic (exact) mass is 352 g/mol. The lowest BCUT2D eigenvalue weighted by Gasteiger charge is -2.36. The van der Waals surface area contributed by atoms with Gasteiger partial charge in [0.1, 0.15) is 5.75 Å². The van der Waals surface area contributed by atoms with E-state index in [-0.39, 0.29) is 11.7 Å². The number of ether oxygens (including phenoxy) is 1. The molecule has 1 aliphatic rings. The van der Waals surface area contributed by atoms with E-state index in [0.29, 0.717) is 19.5 Å². The molecule has 2 aromatic rings. The van der Waals surface area contributed by atoms with Gasteiger partial charge in [-0.1, -0.05) is 24.3 Å². The Labute approximate surface area is 154 Å². The zero-order chi connectivity index (χ0) is 18.5. The third-order valence-electron chi connectivity index (χ3n) is 4.76. The van der Waals surface area contributed by atoms with Crippen LogP contribution in [-0.4, -0.2) is 49.9 Å². The predicted octanol–water partition coefficient (Wildman–Crippen LogP) is 2.79. The number of carbonyl (C=O) groups is 2. The first kappa shape index (κ1) is 18.0. The van der Waals surface area contributed by atoms with Crippen molar-refractivity contribution in [2.75, 3.05) is 38.2 Å². The van der Waals surface area contributed by atoms with Gasteiger partial charge < -0.3 is 14.5 Å². The predicted molar refractivity (Wildman–Crippen MR) is 102 cm³/mol. The minimum absolute atomic E-state index is 0.0696. The van der Waals surface area contributed by atoms with Crippen molar-refractivity contribution in [1.29, 1.82) is 0 Å². The van der Waals surface area contributed by atoms with Gasteiger partial charge in [0.2, 0.25) is 5.91 Å². The van der Waals surface area contributed by atoms with E-state index in [2.05, 4.69) is 4.90 Å². The van der Waals surface area contributed by atoms with Gasteiger partial charge in [-0.2, -0.15) is 0 Å². The summed E-state index contributed by atoms with van der Waals surface area (Å²) in [6.07, 6.45) is 0.407. The molecule has 0 saturated carbocycles. The molecule has 3 rings (SSSR count). The van der Waals surface area contributed by atoms with Crippen LogP contribution >= 0.6 is 0 Å². The van der Waals surface area contributed by atoms with Crippen molar-refractivity contribution in [2.24, 2.45) is 0 Å². The zero-order valence-electron chi connectivity index (χ0n) is 15.3. The fraction of sp³-hybridized carbons (Fsp3) is 0.333. The number of Topliss-reactive ketones (excluding diaryl/α,β-unsaturated/α-hetero) is 1. The largest absolute Gasteiger partial charge is 0.497 e. The number of ketones is 1. The minimum atomic E-state index is 0.0696. The van der Waals surface area contributed by atoms with Crippen molar-refractivity contribution >= 4 is 17.4 Å².